The molecular formula is C17H26N4O3. The van der Waals surface area contributed by atoms with Gasteiger partial charge in [-0.15, -0.1) is 0 Å². The lowest BCUT2D eigenvalue weighted by Gasteiger charge is -2.25. The zero-order chi connectivity index (χ0) is 16.9. The summed E-state index contributed by atoms with van der Waals surface area (Å²) in [6.45, 7) is 4.35. The molecule has 0 spiro atoms. The fraction of sp³-hybridized carbons (Fsp3) is 0.706. The molecule has 1 aromatic heterocycles. The van der Waals surface area contributed by atoms with Gasteiger partial charge in [-0.1, -0.05) is 19.3 Å². The summed E-state index contributed by atoms with van der Waals surface area (Å²) in [6.07, 6.45) is 5.75. The number of nitrogens with zero attached hydrogens (tertiary/aromatic N) is 3. The lowest BCUT2D eigenvalue weighted by Crippen LogP contribution is -2.41. The number of carbonyl (C=O) groups excluding carboxylic acids is 2. The second-order valence-corrected chi connectivity index (χ2v) is 6.64. The molecule has 1 N–H and O–H groups in total. The van der Waals surface area contributed by atoms with E-state index in [1.165, 1.54) is 19.3 Å². The SMILES string of the molecule is Cc1cc(C(=O)N2CCOCC2)nn1CC(=O)NC1CCCCC1. The molecule has 2 amide bonds. The maximum Gasteiger partial charge on any atom is 0.274 e. The second kappa shape index (κ2) is 7.79. The van der Waals surface area contributed by atoms with Crippen molar-refractivity contribution in [1.82, 2.24) is 20.0 Å². The highest BCUT2D eigenvalue weighted by atomic mass is 16.5. The van der Waals surface area contributed by atoms with Crippen molar-refractivity contribution in [3.63, 3.8) is 0 Å². The van der Waals surface area contributed by atoms with E-state index in [9.17, 15) is 9.59 Å². The van der Waals surface area contributed by atoms with E-state index in [1.807, 2.05) is 6.92 Å². The largest absolute Gasteiger partial charge is 0.378 e. The van der Waals surface area contributed by atoms with Gasteiger partial charge >= 0.3 is 0 Å². The number of hydrogen-bond donors (Lipinski definition) is 1. The number of nitrogens with one attached hydrogen (secondary N) is 1. The van der Waals surface area contributed by atoms with Gasteiger partial charge in [0.1, 0.15) is 6.54 Å². The minimum absolute atomic E-state index is 0.0292. The minimum atomic E-state index is -0.0900. The third-order valence-electron chi connectivity index (χ3n) is 4.76. The van der Waals surface area contributed by atoms with Crippen molar-refractivity contribution in [2.24, 2.45) is 0 Å². The molecule has 7 nitrogen and oxygen atoms in total. The zero-order valence-electron chi connectivity index (χ0n) is 14.3. The molecule has 2 aliphatic rings. The Morgan fingerprint density at radius 3 is 2.67 bits per heavy atom. The van der Waals surface area contributed by atoms with Gasteiger partial charge < -0.3 is 15.0 Å². The van der Waals surface area contributed by atoms with E-state index in [4.69, 9.17) is 4.74 Å². The highest BCUT2D eigenvalue weighted by Gasteiger charge is 2.22. The lowest BCUT2D eigenvalue weighted by atomic mass is 9.95. The van der Waals surface area contributed by atoms with Crippen LogP contribution < -0.4 is 5.32 Å². The van der Waals surface area contributed by atoms with Gasteiger partial charge in [0.15, 0.2) is 5.69 Å². The molecule has 1 aliphatic heterocycles. The first-order valence-electron chi connectivity index (χ1n) is 8.84. The van der Waals surface area contributed by atoms with Crippen LogP contribution in [0.3, 0.4) is 0 Å². The van der Waals surface area contributed by atoms with Crippen LogP contribution >= 0.6 is 0 Å². The molecule has 0 aromatic carbocycles. The van der Waals surface area contributed by atoms with Crippen LogP contribution in [0.2, 0.25) is 0 Å². The number of aryl methyl sites for hydroxylation is 1. The van der Waals surface area contributed by atoms with E-state index in [0.29, 0.717) is 32.0 Å². The van der Waals surface area contributed by atoms with E-state index < -0.39 is 0 Å². The average Bonchev–Trinajstić information content (AvgIpc) is 2.96. The topological polar surface area (TPSA) is 76.5 Å². The van der Waals surface area contributed by atoms with Crippen LogP contribution in [0, 0.1) is 6.92 Å². The maximum atomic E-state index is 12.5. The van der Waals surface area contributed by atoms with Gasteiger partial charge in [-0.2, -0.15) is 5.10 Å². The van der Waals surface area contributed by atoms with Crippen LogP contribution in [-0.4, -0.2) is 58.8 Å². The lowest BCUT2D eigenvalue weighted by molar-refractivity contribution is -0.122. The van der Waals surface area contributed by atoms with Crippen molar-refractivity contribution >= 4 is 11.8 Å². The molecule has 0 atom stereocenters. The fourth-order valence-corrected chi connectivity index (χ4v) is 3.36. The summed E-state index contributed by atoms with van der Waals surface area (Å²) in [4.78, 5) is 26.4. The first kappa shape index (κ1) is 17.0. The highest BCUT2D eigenvalue weighted by molar-refractivity contribution is 5.92. The van der Waals surface area contributed by atoms with Crippen molar-refractivity contribution in [3.05, 3.63) is 17.5 Å². The van der Waals surface area contributed by atoms with E-state index in [0.717, 1.165) is 18.5 Å². The highest BCUT2D eigenvalue weighted by Crippen LogP contribution is 2.17. The number of carbonyl (C=O) groups is 2. The van der Waals surface area contributed by atoms with E-state index in [1.54, 1.807) is 15.6 Å². The van der Waals surface area contributed by atoms with Crippen LogP contribution in [0.1, 0.15) is 48.3 Å². The molecule has 0 bridgehead atoms. The summed E-state index contributed by atoms with van der Waals surface area (Å²) < 4.78 is 6.88. The molecule has 1 saturated carbocycles. The van der Waals surface area contributed by atoms with Gasteiger partial charge in [0.25, 0.3) is 5.91 Å². The van der Waals surface area contributed by atoms with Gasteiger partial charge in [0.2, 0.25) is 5.91 Å². The Hall–Kier alpha value is -1.89. The van der Waals surface area contributed by atoms with Crippen LogP contribution in [-0.2, 0) is 16.1 Å². The van der Waals surface area contributed by atoms with Crippen LogP contribution in [0.25, 0.3) is 0 Å². The minimum Gasteiger partial charge on any atom is -0.378 e. The van der Waals surface area contributed by atoms with Crippen LogP contribution in [0.5, 0.6) is 0 Å². The Labute approximate surface area is 142 Å². The Balaban J connectivity index is 1.58. The normalized spacial score (nSPS) is 19.3. The molecule has 3 rings (SSSR count). The predicted molar refractivity (Wildman–Crippen MR) is 88.7 cm³/mol. The molecular weight excluding hydrogens is 308 g/mol. The van der Waals surface area contributed by atoms with Gasteiger partial charge in [-0.05, 0) is 25.8 Å². The van der Waals surface area contributed by atoms with Crippen LogP contribution in [0.4, 0.5) is 0 Å². The van der Waals surface area contributed by atoms with E-state index in [-0.39, 0.29) is 24.4 Å². The molecule has 7 heteroatoms. The fourth-order valence-electron chi connectivity index (χ4n) is 3.36. The Morgan fingerprint density at radius 2 is 1.96 bits per heavy atom. The number of rotatable bonds is 4. The standard InChI is InChI=1S/C17H26N4O3/c1-13-11-15(17(23)20-7-9-24-10-8-20)19-21(13)12-16(22)18-14-5-3-2-4-6-14/h11,14H,2-10,12H2,1H3,(H,18,22). The monoisotopic (exact) mass is 334 g/mol. The Bertz CT molecular complexity index is 587. The van der Waals surface area contributed by atoms with E-state index >= 15 is 0 Å². The van der Waals surface area contributed by atoms with Crippen molar-refractivity contribution in [2.45, 2.75) is 51.6 Å². The molecule has 1 aliphatic carbocycles. The zero-order valence-corrected chi connectivity index (χ0v) is 14.3. The number of aromatic nitrogens is 2. The molecule has 2 fully saturated rings. The van der Waals surface area contributed by atoms with Gasteiger partial charge in [-0.25, -0.2) is 0 Å². The molecule has 0 radical (unpaired) electrons. The molecule has 1 saturated heterocycles. The smallest absolute Gasteiger partial charge is 0.274 e. The van der Waals surface area contributed by atoms with Gasteiger partial charge in [0, 0.05) is 24.8 Å². The summed E-state index contributed by atoms with van der Waals surface area (Å²) >= 11 is 0. The molecule has 24 heavy (non-hydrogen) atoms. The summed E-state index contributed by atoms with van der Waals surface area (Å²) in [5.41, 5.74) is 1.23. The molecule has 0 unspecified atom stereocenters. The molecule has 1 aromatic rings. The van der Waals surface area contributed by atoms with Gasteiger partial charge in [0.05, 0.1) is 13.2 Å². The van der Waals surface area contributed by atoms with Crippen molar-refractivity contribution in [2.75, 3.05) is 26.3 Å². The number of ether oxygens (including phenoxy) is 1. The van der Waals surface area contributed by atoms with Crippen molar-refractivity contribution in [1.29, 1.82) is 0 Å². The number of amides is 2. The first-order chi connectivity index (χ1) is 11.6. The number of hydrogen-bond acceptors (Lipinski definition) is 4. The third-order valence-corrected chi connectivity index (χ3v) is 4.76. The van der Waals surface area contributed by atoms with Gasteiger partial charge in [-0.3, -0.25) is 14.3 Å². The summed E-state index contributed by atoms with van der Waals surface area (Å²) in [5, 5.41) is 7.43. The molecule has 2 heterocycles. The summed E-state index contributed by atoms with van der Waals surface area (Å²) in [7, 11) is 0. The summed E-state index contributed by atoms with van der Waals surface area (Å²) in [5.74, 6) is -0.119. The average molecular weight is 334 g/mol. The van der Waals surface area contributed by atoms with Crippen molar-refractivity contribution < 1.29 is 14.3 Å². The summed E-state index contributed by atoms with van der Waals surface area (Å²) in [6, 6.07) is 2.04. The number of morpholine rings is 1. The van der Waals surface area contributed by atoms with Crippen molar-refractivity contribution in [3.8, 4) is 0 Å². The predicted octanol–water partition coefficient (Wildman–Crippen LogP) is 1.11. The quantitative estimate of drug-likeness (QED) is 0.895. The maximum absolute atomic E-state index is 12.5. The Kier molecular flexibility index (Phi) is 5.50. The second-order valence-electron chi connectivity index (χ2n) is 6.64. The third kappa shape index (κ3) is 4.14. The first-order valence-corrected chi connectivity index (χ1v) is 8.84. The van der Waals surface area contributed by atoms with Crippen LogP contribution in [0.15, 0.2) is 6.07 Å². The van der Waals surface area contributed by atoms with E-state index in [2.05, 4.69) is 10.4 Å². The molecule has 132 valence electrons. The Morgan fingerprint density at radius 1 is 1.25 bits per heavy atom.